The SMILES string of the molecule is COc1ccc2c(c1)C=C(C(=O)Nc1ccc(-n3cnnn3)cc1)C=CO2. The molecule has 0 saturated heterocycles. The summed E-state index contributed by atoms with van der Waals surface area (Å²) in [6, 6.07) is 12.6. The Morgan fingerprint density at radius 2 is 2.04 bits per heavy atom. The van der Waals surface area contributed by atoms with E-state index in [-0.39, 0.29) is 5.91 Å². The number of hydrogen-bond donors (Lipinski definition) is 1. The predicted molar refractivity (Wildman–Crippen MR) is 98.5 cm³/mol. The van der Waals surface area contributed by atoms with Crippen molar-refractivity contribution in [1.29, 1.82) is 0 Å². The maximum Gasteiger partial charge on any atom is 0.255 e. The third-order valence-electron chi connectivity index (χ3n) is 3.97. The van der Waals surface area contributed by atoms with Gasteiger partial charge in [-0.05, 0) is 65.0 Å². The lowest BCUT2D eigenvalue weighted by molar-refractivity contribution is -0.112. The quantitative estimate of drug-likeness (QED) is 0.768. The Hall–Kier alpha value is -3.94. The molecule has 0 radical (unpaired) electrons. The molecule has 8 nitrogen and oxygen atoms in total. The molecule has 0 unspecified atom stereocenters. The highest BCUT2D eigenvalue weighted by atomic mass is 16.5. The van der Waals surface area contributed by atoms with Crippen molar-refractivity contribution in [2.45, 2.75) is 0 Å². The van der Waals surface area contributed by atoms with Crippen LogP contribution in [0.4, 0.5) is 5.69 Å². The van der Waals surface area contributed by atoms with Crippen LogP contribution in [0.1, 0.15) is 5.56 Å². The lowest BCUT2D eigenvalue weighted by atomic mass is 10.1. The van der Waals surface area contributed by atoms with Crippen LogP contribution in [-0.2, 0) is 4.79 Å². The molecule has 0 bridgehead atoms. The van der Waals surface area contributed by atoms with Crippen LogP contribution in [0.25, 0.3) is 11.8 Å². The number of rotatable bonds is 4. The van der Waals surface area contributed by atoms with E-state index in [4.69, 9.17) is 9.47 Å². The molecule has 134 valence electrons. The molecule has 1 aliphatic rings. The van der Waals surface area contributed by atoms with Crippen LogP contribution in [-0.4, -0.2) is 33.2 Å². The molecule has 0 atom stereocenters. The summed E-state index contributed by atoms with van der Waals surface area (Å²) in [5.74, 6) is 1.09. The van der Waals surface area contributed by atoms with Crippen LogP contribution in [0.2, 0.25) is 0 Å². The van der Waals surface area contributed by atoms with Crippen molar-refractivity contribution in [1.82, 2.24) is 20.2 Å². The third kappa shape index (κ3) is 3.54. The van der Waals surface area contributed by atoms with Crippen molar-refractivity contribution in [3.05, 3.63) is 72.3 Å². The zero-order valence-electron chi connectivity index (χ0n) is 14.4. The van der Waals surface area contributed by atoms with Crippen LogP contribution in [0, 0.1) is 0 Å². The van der Waals surface area contributed by atoms with E-state index in [0.29, 0.717) is 22.8 Å². The largest absolute Gasteiger partial charge is 0.497 e. The van der Waals surface area contributed by atoms with E-state index in [0.717, 1.165) is 11.3 Å². The molecule has 2 aromatic carbocycles. The molecule has 3 aromatic rings. The number of fused-ring (bicyclic) bond motifs is 1. The minimum atomic E-state index is -0.249. The molecule has 0 spiro atoms. The van der Waals surface area contributed by atoms with E-state index in [1.165, 1.54) is 17.3 Å². The Labute approximate surface area is 154 Å². The van der Waals surface area contributed by atoms with Crippen molar-refractivity contribution >= 4 is 17.7 Å². The number of carbonyl (C=O) groups excluding carboxylic acids is 1. The highest BCUT2D eigenvalue weighted by Gasteiger charge is 2.13. The molecular formula is C19H15N5O3. The fourth-order valence-corrected chi connectivity index (χ4v) is 2.59. The average molecular weight is 361 g/mol. The lowest BCUT2D eigenvalue weighted by Gasteiger charge is -2.07. The first-order valence-corrected chi connectivity index (χ1v) is 8.11. The number of hydrogen-bond acceptors (Lipinski definition) is 6. The van der Waals surface area contributed by atoms with Crippen molar-refractivity contribution < 1.29 is 14.3 Å². The van der Waals surface area contributed by atoms with E-state index < -0.39 is 0 Å². The maximum atomic E-state index is 12.6. The van der Waals surface area contributed by atoms with Gasteiger partial charge in [-0.1, -0.05) is 0 Å². The summed E-state index contributed by atoms with van der Waals surface area (Å²) in [5.41, 5.74) is 2.67. The molecule has 2 heterocycles. The fraction of sp³-hybridized carbons (Fsp3) is 0.0526. The van der Waals surface area contributed by atoms with Gasteiger partial charge in [0.2, 0.25) is 0 Å². The van der Waals surface area contributed by atoms with Crippen LogP contribution >= 0.6 is 0 Å². The van der Waals surface area contributed by atoms with Gasteiger partial charge in [0.1, 0.15) is 17.8 Å². The number of carbonyl (C=O) groups is 1. The minimum Gasteiger partial charge on any atom is -0.497 e. The Bertz CT molecular complexity index is 1020. The van der Waals surface area contributed by atoms with Gasteiger partial charge in [-0.2, -0.15) is 0 Å². The normalized spacial score (nSPS) is 12.4. The molecule has 4 rings (SSSR count). The van der Waals surface area contributed by atoms with E-state index in [2.05, 4.69) is 20.8 Å². The summed E-state index contributed by atoms with van der Waals surface area (Å²) in [6.07, 6.45) is 6.37. The average Bonchev–Trinajstić information content (AvgIpc) is 3.14. The Kier molecular flexibility index (Phi) is 4.36. The zero-order valence-corrected chi connectivity index (χ0v) is 14.4. The highest BCUT2D eigenvalue weighted by Crippen LogP contribution is 2.29. The number of anilines is 1. The molecule has 1 aromatic heterocycles. The molecule has 8 heteroatoms. The number of nitrogens with zero attached hydrogens (tertiary/aromatic N) is 4. The van der Waals surface area contributed by atoms with E-state index in [1.54, 1.807) is 43.5 Å². The van der Waals surface area contributed by atoms with Gasteiger partial charge in [0.05, 0.1) is 19.1 Å². The monoisotopic (exact) mass is 361 g/mol. The first kappa shape index (κ1) is 16.5. The maximum absolute atomic E-state index is 12.6. The number of amides is 1. The number of benzene rings is 2. The first-order chi connectivity index (χ1) is 13.2. The summed E-state index contributed by atoms with van der Waals surface area (Å²) < 4.78 is 12.3. The van der Waals surface area contributed by atoms with Crippen molar-refractivity contribution in [2.75, 3.05) is 12.4 Å². The molecule has 1 aliphatic heterocycles. The third-order valence-corrected chi connectivity index (χ3v) is 3.97. The van der Waals surface area contributed by atoms with Gasteiger partial charge >= 0.3 is 0 Å². The predicted octanol–water partition coefficient (Wildman–Crippen LogP) is 2.60. The standard InChI is InChI=1S/C19H15N5O3/c1-26-17-6-7-18-14(11-17)10-13(8-9-27-18)19(25)21-15-2-4-16(5-3-15)24-12-20-22-23-24/h2-12H,1H3,(H,21,25). The first-order valence-electron chi connectivity index (χ1n) is 8.11. The molecule has 0 saturated carbocycles. The summed E-state index contributed by atoms with van der Waals surface area (Å²) in [6.45, 7) is 0. The van der Waals surface area contributed by atoms with Gasteiger partial charge in [0.15, 0.2) is 0 Å². The second-order valence-electron chi connectivity index (χ2n) is 5.68. The Balaban J connectivity index is 1.54. The molecule has 1 N–H and O–H groups in total. The number of aromatic nitrogens is 4. The van der Waals surface area contributed by atoms with Crippen LogP contribution < -0.4 is 14.8 Å². The van der Waals surface area contributed by atoms with Gasteiger partial charge in [-0.3, -0.25) is 4.79 Å². The van der Waals surface area contributed by atoms with E-state index in [9.17, 15) is 4.79 Å². The molecular weight excluding hydrogens is 346 g/mol. The molecule has 27 heavy (non-hydrogen) atoms. The fourth-order valence-electron chi connectivity index (χ4n) is 2.59. The number of nitrogens with one attached hydrogen (secondary N) is 1. The number of methoxy groups -OCH3 is 1. The minimum absolute atomic E-state index is 0.249. The van der Waals surface area contributed by atoms with Gasteiger partial charge in [-0.25, -0.2) is 4.68 Å². The summed E-state index contributed by atoms with van der Waals surface area (Å²) in [4.78, 5) is 12.6. The smallest absolute Gasteiger partial charge is 0.255 e. The topological polar surface area (TPSA) is 91.2 Å². The van der Waals surface area contributed by atoms with E-state index in [1.807, 2.05) is 18.2 Å². The number of tetrazole rings is 1. The summed E-state index contributed by atoms with van der Waals surface area (Å²) >= 11 is 0. The second kappa shape index (κ2) is 7.12. The van der Waals surface area contributed by atoms with Gasteiger partial charge in [0, 0.05) is 16.8 Å². The summed E-state index contributed by atoms with van der Waals surface area (Å²) in [5, 5.41) is 13.9. The van der Waals surface area contributed by atoms with Crippen molar-refractivity contribution in [2.24, 2.45) is 0 Å². The van der Waals surface area contributed by atoms with Crippen LogP contribution in [0.5, 0.6) is 11.5 Å². The lowest BCUT2D eigenvalue weighted by Crippen LogP contribution is -2.13. The van der Waals surface area contributed by atoms with Gasteiger partial charge < -0.3 is 14.8 Å². The van der Waals surface area contributed by atoms with Crippen molar-refractivity contribution in [3.8, 4) is 17.2 Å². The Morgan fingerprint density at radius 1 is 1.19 bits per heavy atom. The number of ether oxygens (including phenoxy) is 2. The van der Waals surface area contributed by atoms with E-state index >= 15 is 0 Å². The molecule has 0 aliphatic carbocycles. The second-order valence-corrected chi connectivity index (χ2v) is 5.68. The Morgan fingerprint density at radius 3 is 2.78 bits per heavy atom. The van der Waals surface area contributed by atoms with Gasteiger partial charge in [0.25, 0.3) is 5.91 Å². The highest BCUT2D eigenvalue weighted by molar-refractivity contribution is 6.09. The van der Waals surface area contributed by atoms with Crippen LogP contribution in [0.15, 0.2) is 66.7 Å². The molecule has 0 fully saturated rings. The van der Waals surface area contributed by atoms with Crippen molar-refractivity contribution in [3.63, 3.8) is 0 Å². The van der Waals surface area contributed by atoms with Crippen LogP contribution in [0.3, 0.4) is 0 Å². The summed E-state index contributed by atoms with van der Waals surface area (Å²) in [7, 11) is 1.59. The van der Waals surface area contributed by atoms with Gasteiger partial charge in [-0.15, -0.1) is 5.10 Å². The molecule has 1 amide bonds. The zero-order chi connectivity index (χ0) is 18.6.